The molecule has 0 amide bonds. The molecule has 0 saturated carbocycles. The summed E-state index contributed by atoms with van der Waals surface area (Å²) in [6, 6.07) is 7.57. The molecule has 0 radical (unpaired) electrons. The number of esters is 1. The molecule has 0 aromatic heterocycles. The predicted octanol–water partition coefficient (Wildman–Crippen LogP) is 1.92. The van der Waals surface area contributed by atoms with E-state index in [-0.39, 0.29) is 11.5 Å². The number of hydrogen-bond donors (Lipinski definition) is 1. The molecule has 102 valence electrons. The van der Waals surface area contributed by atoms with E-state index in [9.17, 15) is 4.79 Å². The highest BCUT2D eigenvalue weighted by Gasteiger charge is 2.28. The number of carbonyl (C=O) groups excluding carboxylic acids is 1. The number of methoxy groups -OCH3 is 1. The van der Waals surface area contributed by atoms with Gasteiger partial charge in [-0.05, 0) is 26.3 Å². The van der Waals surface area contributed by atoms with Crippen LogP contribution in [0.2, 0.25) is 0 Å². The number of rotatable bonds is 1. The summed E-state index contributed by atoms with van der Waals surface area (Å²) in [5.41, 5.74) is 2.08. The van der Waals surface area contributed by atoms with Gasteiger partial charge in [0, 0.05) is 17.5 Å². The number of nitrogens with zero attached hydrogens (tertiary/aromatic N) is 1. The highest BCUT2D eigenvalue weighted by molar-refractivity contribution is 6.03. The van der Waals surface area contributed by atoms with Crippen molar-refractivity contribution in [3.8, 4) is 0 Å². The number of amidine groups is 1. The van der Waals surface area contributed by atoms with Gasteiger partial charge >= 0.3 is 5.97 Å². The molecular formula is C15H20N2O2. The van der Waals surface area contributed by atoms with Crippen molar-refractivity contribution in [3.05, 3.63) is 35.4 Å². The zero-order valence-electron chi connectivity index (χ0n) is 11.9. The zero-order chi connectivity index (χ0) is 14.0. The number of fused-ring (bicyclic) bond motifs is 1. The smallest absolute Gasteiger partial charge is 0.331 e. The fourth-order valence-corrected chi connectivity index (χ4v) is 2.14. The van der Waals surface area contributed by atoms with Crippen LogP contribution in [-0.4, -0.2) is 30.5 Å². The van der Waals surface area contributed by atoms with E-state index in [1.807, 2.05) is 24.3 Å². The van der Waals surface area contributed by atoms with Crippen LogP contribution in [0.25, 0.3) is 0 Å². The summed E-state index contributed by atoms with van der Waals surface area (Å²) >= 11 is 0. The van der Waals surface area contributed by atoms with E-state index >= 15 is 0 Å². The number of aliphatic imine (C=N–C) groups is 1. The van der Waals surface area contributed by atoms with E-state index < -0.39 is 6.04 Å². The van der Waals surface area contributed by atoms with E-state index in [1.165, 1.54) is 7.11 Å². The van der Waals surface area contributed by atoms with Crippen molar-refractivity contribution in [2.75, 3.05) is 7.11 Å². The van der Waals surface area contributed by atoms with Gasteiger partial charge in [0.25, 0.3) is 0 Å². The van der Waals surface area contributed by atoms with E-state index in [1.54, 1.807) is 0 Å². The standard InChI is InChI=1S/C15H20N2O2/c1-15(2,3)17-13-11-8-6-5-7-10(11)9-12(16-13)14(18)19-4/h5-8,12H,9H2,1-4H3,(H,16,17)/t12-/m0/s1. The number of hydrogen-bond acceptors (Lipinski definition) is 4. The molecule has 4 nitrogen and oxygen atoms in total. The van der Waals surface area contributed by atoms with Crippen molar-refractivity contribution in [3.63, 3.8) is 0 Å². The van der Waals surface area contributed by atoms with E-state index in [0.717, 1.165) is 17.0 Å². The highest BCUT2D eigenvalue weighted by Crippen LogP contribution is 2.20. The van der Waals surface area contributed by atoms with Gasteiger partial charge < -0.3 is 10.1 Å². The van der Waals surface area contributed by atoms with Crippen LogP contribution in [0, 0.1) is 0 Å². The molecule has 0 aliphatic carbocycles. The summed E-state index contributed by atoms with van der Waals surface area (Å²) in [5.74, 6) is 0.479. The maximum absolute atomic E-state index is 11.7. The van der Waals surface area contributed by atoms with Crippen molar-refractivity contribution in [2.24, 2.45) is 4.99 Å². The molecule has 1 N–H and O–H groups in total. The van der Waals surface area contributed by atoms with Gasteiger partial charge in [-0.25, -0.2) is 4.79 Å². The lowest BCUT2D eigenvalue weighted by atomic mass is 9.95. The average Bonchev–Trinajstić information content (AvgIpc) is 2.36. The van der Waals surface area contributed by atoms with E-state index in [0.29, 0.717) is 6.42 Å². The second kappa shape index (κ2) is 5.03. The van der Waals surface area contributed by atoms with Crippen LogP contribution in [-0.2, 0) is 16.0 Å². The molecule has 1 atom stereocenters. The number of ether oxygens (including phenoxy) is 1. The van der Waals surface area contributed by atoms with Crippen LogP contribution in [0.5, 0.6) is 0 Å². The fourth-order valence-electron chi connectivity index (χ4n) is 2.14. The Bertz CT molecular complexity index is 515. The Morgan fingerprint density at radius 1 is 1.37 bits per heavy atom. The Morgan fingerprint density at radius 3 is 2.68 bits per heavy atom. The third kappa shape index (κ3) is 3.13. The first-order valence-electron chi connectivity index (χ1n) is 6.43. The first-order valence-corrected chi connectivity index (χ1v) is 6.43. The molecule has 2 rings (SSSR count). The summed E-state index contributed by atoms with van der Waals surface area (Å²) in [6.45, 7) is 6.21. The van der Waals surface area contributed by atoms with Crippen molar-refractivity contribution in [1.29, 1.82) is 0 Å². The molecular weight excluding hydrogens is 240 g/mol. The first kappa shape index (κ1) is 13.6. The van der Waals surface area contributed by atoms with Crippen molar-refractivity contribution >= 4 is 11.8 Å². The quantitative estimate of drug-likeness (QED) is 0.785. The van der Waals surface area contributed by atoms with E-state index in [2.05, 4.69) is 31.1 Å². The van der Waals surface area contributed by atoms with E-state index in [4.69, 9.17) is 4.74 Å². The van der Waals surface area contributed by atoms with Crippen LogP contribution >= 0.6 is 0 Å². The molecule has 0 saturated heterocycles. The van der Waals surface area contributed by atoms with Crippen LogP contribution in [0.15, 0.2) is 29.3 Å². The summed E-state index contributed by atoms with van der Waals surface area (Å²) in [4.78, 5) is 16.2. The zero-order valence-corrected chi connectivity index (χ0v) is 11.9. The normalized spacial score (nSPS) is 18.3. The summed E-state index contributed by atoms with van der Waals surface area (Å²) in [7, 11) is 1.40. The molecule has 0 fully saturated rings. The van der Waals surface area contributed by atoms with Gasteiger partial charge in [-0.15, -0.1) is 0 Å². The highest BCUT2D eigenvalue weighted by atomic mass is 16.5. The van der Waals surface area contributed by atoms with Gasteiger partial charge in [0.05, 0.1) is 7.11 Å². The molecule has 0 unspecified atom stereocenters. The minimum atomic E-state index is -0.454. The molecule has 4 heteroatoms. The maximum Gasteiger partial charge on any atom is 0.331 e. The minimum absolute atomic E-state index is 0.107. The molecule has 1 aliphatic rings. The van der Waals surface area contributed by atoms with Gasteiger partial charge in [0.1, 0.15) is 5.84 Å². The first-order chi connectivity index (χ1) is 8.90. The molecule has 1 aliphatic heterocycles. The van der Waals surface area contributed by atoms with Crippen LogP contribution in [0.4, 0.5) is 0 Å². The minimum Gasteiger partial charge on any atom is -0.467 e. The molecule has 1 aromatic carbocycles. The number of benzene rings is 1. The summed E-state index contributed by atoms with van der Waals surface area (Å²) in [5, 5.41) is 3.37. The third-order valence-electron chi connectivity index (χ3n) is 2.94. The van der Waals surface area contributed by atoms with Crippen molar-refractivity contribution < 1.29 is 9.53 Å². The van der Waals surface area contributed by atoms with Gasteiger partial charge in [-0.3, -0.25) is 4.99 Å². The summed E-state index contributed by atoms with van der Waals surface area (Å²) < 4.78 is 4.81. The lowest BCUT2D eigenvalue weighted by molar-refractivity contribution is -0.142. The van der Waals surface area contributed by atoms with Crippen LogP contribution in [0.1, 0.15) is 31.9 Å². The van der Waals surface area contributed by atoms with Crippen LogP contribution in [0.3, 0.4) is 0 Å². The third-order valence-corrected chi connectivity index (χ3v) is 2.94. The molecule has 0 spiro atoms. The molecule has 1 heterocycles. The van der Waals surface area contributed by atoms with Crippen LogP contribution < -0.4 is 5.32 Å². The predicted molar refractivity (Wildman–Crippen MR) is 75.4 cm³/mol. The molecule has 0 bridgehead atoms. The second-order valence-corrected chi connectivity index (χ2v) is 5.75. The van der Waals surface area contributed by atoms with Gasteiger partial charge in [0.15, 0.2) is 6.04 Å². The summed E-state index contributed by atoms with van der Waals surface area (Å²) in [6.07, 6.45) is 0.595. The van der Waals surface area contributed by atoms with Crippen molar-refractivity contribution in [1.82, 2.24) is 5.32 Å². The SMILES string of the molecule is COC(=O)[C@@H]1Cc2ccccc2C(NC(C)(C)C)=N1. The van der Waals surface area contributed by atoms with Gasteiger partial charge in [-0.2, -0.15) is 0 Å². The Hall–Kier alpha value is -1.84. The topological polar surface area (TPSA) is 50.7 Å². The Morgan fingerprint density at radius 2 is 2.05 bits per heavy atom. The Labute approximate surface area is 113 Å². The second-order valence-electron chi connectivity index (χ2n) is 5.75. The Kier molecular flexibility index (Phi) is 3.60. The number of carbonyl (C=O) groups is 1. The largest absolute Gasteiger partial charge is 0.467 e. The lowest BCUT2D eigenvalue weighted by Crippen LogP contribution is -2.44. The lowest BCUT2D eigenvalue weighted by Gasteiger charge is -2.28. The molecule has 19 heavy (non-hydrogen) atoms. The van der Waals surface area contributed by atoms with Crippen molar-refractivity contribution in [2.45, 2.75) is 38.8 Å². The van der Waals surface area contributed by atoms with Gasteiger partial charge in [-0.1, -0.05) is 24.3 Å². The number of nitrogens with one attached hydrogen (secondary N) is 1. The monoisotopic (exact) mass is 260 g/mol. The average molecular weight is 260 g/mol. The molecule has 1 aromatic rings. The van der Waals surface area contributed by atoms with Gasteiger partial charge in [0.2, 0.25) is 0 Å². The Balaban J connectivity index is 2.39. The fraction of sp³-hybridized carbons (Fsp3) is 0.467. The maximum atomic E-state index is 11.7.